The van der Waals surface area contributed by atoms with Gasteiger partial charge in [-0.3, -0.25) is 9.78 Å². The summed E-state index contributed by atoms with van der Waals surface area (Å²) in [6.07, 6.45) is 4.77. The molecule has 6 heteroatoms. The Labute approximate surface area is 86.0 Å². The van der Waals surface area contributed by atoms with Gasteiger partial charge in [-0.2, -0.15) is 0 Å². The number of aliphatic carboxylic acids is 1. The van der Waals surface area contributed by atoms with E-state index in [1.807, 2.05) is 0 Å². The number of nitrogens with one attached hydrogen (secondary N) is 1. The molecule has 14 heavy (non-hydrogen) atoms. The molecule has 1 aromatic rings. The fourth-order valence-electron chi connectivity index (χ4n) is 0.807. The predicted molar refractivity (Wildman–Crippen MR) is 53.2 cm³/mol. The zero-order valence-electron chi connectivity index (χ0n) is 7.67. The van der Waals surface area contributed by atoms with Crippen LogP contribution in [0.2, 0.25) is 0 Å². The lowest BCUT2D eigenvalue weighted by Gasteiger charge is -2.09. The first-order valence-corrected chi connectivity index (χ1v) is 5.01. The van der Waals surface area contributed by atoms with E-state index in [-0.39, 0.29) is 0 Å². The molecule has 0 spiro atoms. The maximum absolute atomic E-state index is 10.6. The lowest BCUT2D eigenvalue weighted by molar-refractivity contribution is -0.138. The number of hydrogen-bond donors (Lipinski definition) is 2. The first-order valence-electron chi connectivity index (χ1n) is 4.03. The smallest absolute Gasteiger partial charge is 0.321 e. The van der Waals surface area contributed by atoms with Gasteiger partial charge in [-0.05, 0) is 7.05 Å². The van der Waals surface area contributed by atoms with Crippen LogP contribution in [0.3, 0.4) is 0 Å². The first-order chi connectivity index (χ1) is 6.74. The third kappa shape index (κ3) is 3.31. The number of carboxylic acids is 1. The van der Waals surface area contributed by atoms with E-state index in [9.17, 15) is 4.79 Å². The minimum absolute atomic E-state index is 0.435. The van der Waals surface area contributed by atoms with Gasteiger partial charge in [0, 0.05) is 18.1 Å². The summed E-state index contributed by atoms with van der Waals surface area (Å²) in [4.78, 5) is 18.5. The Hall–Kier alpha value is -1.14. The van der Waals surface area contributed by atoms with Crippen molar-refractivity contribution in [3.05, 3.63) is 18.6 Å². The minimum atomic E-state index is -0.858. The molecule has 1 aromatic heterocycles. The molecule has 0 saturated carbocycles. The van der Waals surface area contributed by atoms with Crippen LogP contribution < -0.4 is 5.32 Å². The lowest BCUT2D eigenvalue weighted by Crippen LogP contribution is -2.35. The largest absolute Gasteiger partial charge is 0.480 e. The summed E-state index contributed by atoms with van der Waals surface area (Å²) in [5.74, 6) is -0.422. The second-order valence-electron chi connectivity index (χ2n) is 2.53. The number of carboxylic acid groups (broad SMARTS) is 1. The van der Waals surface area contributed by atoms with Crippen LogP contribution in [0.4, 0.5) is 0 Å². The molecule has 0 aromatic carbocycles. The lowest BCUT2D eigenvalue weighted by atomic mass is 10.3. The Balaban J connectivity index is 2.44. The molecule has 0 aliphatic rings. The van der Waals surface area contributed by atoms with Gasteiger partial charge in [0.25, 0.3) is 0 Å². The zero-order chi connectivity index (χ0) is 10.4. The summed E-state index contributed by atoms with van der Waals surface area (Å²) in [6, 6.07) is -0.554. The Bertz CT molecular complexity index is 294. The van der Waals surface area contributed by atoms with Gasteiger partial charge in [0.05, 0.1) is 6.20 Å². The van der Waals surface area contributed by atoms with E-state index < -0.39 is 12.0 Å². The molecule has 0 saturated heterocycles. The van der Waals surface area contributed by atoms with Crippen molar-refractivity contribution < 1.29 is 9.90 Å². The molecule has 1 heterocycles. The maximum atomic E-state index is 10.6. The maximum Gasteiger partial charge on any atom is 0.321 e. The SMILES string of the molecule is CNC(CSc1cnccn1)C(=O)O. The van der Waals surface area contributed by atoms with Crippen LogP contribution in [0.1, 0.15) is 0 Å². The summed E-state index contributed by atoms with van der Waals surface area (Å²) >= 11 is 1.36. The van der Waals surface area contributed by atoms with Gasteiger partial charge in [0.2, 0.25) is 0 Å². The molecule has 0 aliphatic heterocycles. The van der Waals surface area contributed by atoms with Gasteiger partial charge in [-0.25, -0.2) is 4.98 Å². The highest BCUT2D eigenvalue weighted by atomic mass is 32.2. The minimum Gasteiger partial charge on any atom is -0.480 e. The topological polar surface area (TPSA) is 75.1 Å². The second-order valence-corrected chi connectivity index (χ2v) is 3.57. The Morgan fingerprint density at radius 1 is 1.71 bits per heavy atom. The van der Waals surface area contributed by atoms with Crippen LogP contribution in [0, 0.1) is 0 Å². The zero-order valence-corrected chi connectivity index (χ0v) is 8.49. The van der Waals surface area contributed by atoms with Crippen molar-refractivity contribution in [3.8, 4) is 0 Å². The van der Waals surface area contributed by atoms with Gasteiger partial charge in [-0.15, -0.1) is 11.8 Å². The third-order valence-corrected chi connectivity index (χ3v) is 2.59. The fraction of sp³-hybridized carbons (Fsp3) is 0.375. The summed E-state index contributed by atoms with van der Waals surface area (Å²) in [5.41, 5.74) is 0. The van der Waals surface area contributed by atoms with Crippen LogP contribution in [-0.4, -0.2) is 39.9 Å². The molecule has 0 amide bonds. The summed E-state index contributed by atoms with van der Waals surface area (Å²) in [5, 5.41) is 12.2. The molecule has 0 radical (unpaired) electrons. The summed E-state index contributed by atoms with van der Waals surface area (Å²) < 4.78 is 0. The normalized spacial score (nSPS) is 12.4. The Morgan fingerprint density at radius 2 is 2.50 bits per heavy atom. The highest BCUT2D eigenvalue weighted by Gasteiger charge is 2.14. The van der Waals surface area contributed by atoms with Crippen LogP contribution in [0.25, 0.3) is 0 Å². The number of rotatable bonds is 5. The van der Waals surface area contributed by atoms with E-state index in [0.29, 0.717) is 5.75 Å². The number of hydrogen-bond acceptors (Lipinski definition) is 5. The van der Waals surface area contributed by atoms with Crippen molar-refractivity contribution in [3.63, 3.8) is 0 Å². The van der Waals surface area contributed by atoms with Crippen molar-refractivity contribution >= 4 is 17.7 Å². The third-order valence-electron chi connectivity index (χ3n) is 1.58. The monoisotopic (exact) mass is 213 g/mol. The van der Waals surface area contributed by atoms with Gasteiger partial charge < -0.3 is 10.4 Å². The van der Waals surface area contributed by atoms with Crippen molar-refractivity contribution in [1.29, 1.82) is 0 Å². The molecule has 0 aliphatic carbocycles. The van der Waals surface area contributed by atoms with Crippen molar-refractivity contribution in [1.82, 2.24) is 15.3 Å². The van der Waals surface area contributed by atoms with Crippen LogP contribution in [0.15, 0.2) is 23.6 Å². The Kier molecular flexibility index (Phi) is 4.34. The number of aromatic nitrogens is 2. The van der Waals surface area contributed by atoms with Crippen molar-refractivity contribution in [2.75, 3.05) is 12.8 Å². The molecule has 76 valence electrons. The van der Waals surface area contributed by atoms with Gasteiger partial charge in [-0.1, -0.05) is 0 Å². The number of nitrogens with zero attached hydrogens (tertiary/aromatic N) is 2. The van der Waals surface area contributed by atoms with Crippen LogP contribution >= 0.6 is 11.8 Å². The summed E-state index contributed by atoms with van der Waals surface area (Å²) in [7, 11) is 1.62. The quantitative estimate of drug-likeness (QED) is 0.682. The number of thioether (sulfide) groups is 1. The Morgan fingerprint density at radius 3 is 3.00 bits per heavy atom. The summed E-state index contributed by atoms with van der Waals surface area (Å²) in [6.45, 7) is 0. The van der Waals surface area contributed by atoms with E-state index in [1.54, 1.807) is 25.6 Å². The van der Waals surface area contributed by atoms with E-state index >= 15 is 0 Å². The highest BCUT2D eigenvalue weighted by Crippen LogP contribution is 2.13. The highest BCUT2D eigenvalue weighted by molar-refractivity contribution is 7.99. The van der Waals surface area contributed by atoms with Crippen LogP contribution in [-0.2, 0) is 4.79 Å². The second kappa shape index (κ2) is 5.56. The van der Waals surface area contributed by atoms with Crippen LogP contribution in [0.5, 0.6) is 0 Å². The van der Waals surface area contributed by atoms with Crippen molar-refractivity contribution in [2.45, 2.75) is 11.1 Å². The molecule has 0 bridgehead atoms. The molecular weight excluding hydrogens is 202 g/mol. The molecule has 1 unspecified atom stereocenters. The molecule has 0 fully saturated rings. The van der Waals surface area contributed by atoms with E-state index in [1.165, 1.54) is 11.8 Å². The predicted octanol–water partition coefficient (Wildman–Crippen LogP) is 0.241. The number of likely N-dealkylation sites (N-methyl/N-ethyl adjacent to an activating group) is 1. The van der Waals surface area contributed by atoms with E-state index in [0.717, 1.165) is 5.03 Å². The van der Waals surface area contributed by atoms with Crippen molar-refractivity contribution in [2.24, 2.45) is 0 Å². The molecule has 5 nitrogen and oxygen atoms in total. The molecular formula is C8H11N3O2S. The van der Waals surface area contributed by atoms with E-state index in [2.05, 4.69) is 15.3 Å². The molecule has 1 rings (SSSR count). The van der Waals surface area contributed by atoms with Gasteiger partial charge in [0.15, 0.2) is 0 Å². The fourth-order valence-corrected chi connectivity index (χ4v) is 1.72. The van der Waals surface area contributed by atoms with Gasteiger partial charge >= 0.3 is 5.97 Å². The van der Waals surface area contributed by atoms with E-state index in [4.69, 9.17) is 5.11 Å². The standard InChI is InChI=1S/C8H11N3O2S/c1-9-6(8(12)13)5-14-7-4-10-2-3-11-7/h2-4,6,9H,5H2,1H3,(H,12,13). The molecule has 2 N–H and O–H groups in total. The first kappa shape index (κ1) is 10.9. The van der Waals surface area contributed by atoms with Gasteiger partial charge in [0.1, 0.15) is 11.1 Å². The average Bonchev–Trinajstić information content (AvgIpc) is 2.20. The number of carbonyl (C=O) groups is 1. The average molecular weight is 213 g/mol. The molecule has 1 atom stereocenters.